The smallest absolute Gasteiger partial charge is 0.335 e. The molecule has 0 aliphatic carbocycles. The Labute approximate surface area is 204 Å². The molecule has 0 aliphatic heterocycles. The van der Waals surface area contributed by atoms with Crippen molar-refractivity contribution in [3.63, 3.8) is 0 Å². The van der Waals surface area contributed by atoms with Crippen LogP contribution in [0.5, 0.6) is 0 Å². The molecular formula is C26H19ClN2O4S. The van der Waals surface area contributed by atoms with Crippen LogP contribution >= 0.6 is 22.9 Å². The predicted octanol–water partition coefficient (Wildman–Crippen LogP) is 6.20. The van der Waals surface area contributed by atoms with Crippen molar-refractivity contribution in [3.8, 4) is 0 Å². The number of anilines is 2. The molecule has 0 spiro atoms. The van der Waals surface area contributed by atoms with E-state index in [9.17, 15) is 19.5 Å². The minimum absolute atomic E-state index is 0.0607. The lowest BCUT2D eigenvalue weighted by molar-refractivity contribution is 0.0696. The van der Waals surface area contributed by atoms with Crippen LogP contribution in [0.1, 0.15) is 41.5 Å². The maximum Gasteiger partial charge on any atom is 0.335 e. The van der Waals surface area contributed by atoms with Gasteiger partial charge in [-0.25, -0.2) is 4.79 Å². The van der Waals surface area contributed by atoms with Crippen molar-refractivity contribution >= 4 is 52.1 Å². The third-order valence-corrected chi connectivity index (χ3v) is 6.39. The van der Waals surface area contributed by atoms with Crippen LogP contribution in [0.3, 0.4) is 0 Å². The van der Waals surface area contributed by atoms with Crippen molar-refractivity contribution in [2.24, 2.45) is 0 Å². The zero-order valence-electron chi connectivity index (χ0n) is 17.7. The topological polar surface area (TPSA) is 95.5 Å². The molecule has 0 bridgehead atoms. The monoisotopic (exact) mass is 490 g/mol. The fraction of sp³-hybridized carbons (Fsp3) is 0.0385. The second-order valence-corrected chi connectivity index (χ2v) is 8.75. The van der Waals surface area contributed by atoms with Crippen LogP contribution in [-0.2, 0) is 6.42 Å². The number of carboxylic acid groups (broad SMARTS) is 1. The summed E-state index contributed by atoms with van der Waals surface area (Å²) in [5.74, 6) is -2.19. The molecule has 1 aromatic heterocycles. The summed E-state index contributed by atoms with van der Waals surface area (Å²) in [6.07, 6.45) is 0.771. The SMILES string of the molecule is O=C(O)c1ccc(C(=O)Nc2ccc(Cc3ccccc3)cc2)c(NC(=O)c2sccc2Cl)c1. The molecule has 6 nitrogen and oxygen atoms in total. The lowest BCUT2D eigenvalue weighted by Crippen LogP contribution is -2.18. The summed E-state index contributed by atoms with van der Waals surface area (Å²) in [5.41, 5.74) is 2.99. The van der Waals surface area contributed by atoms with Crippen molar-refractivity contribution in [1.29, 1.82) is 0 Å². The van der Waals surface area contributed by atoms with Crippen LogP contribution < -0.4 is 10.6 Å². The van der Waals surface area contributed by atoms with E-state index in [0.717, 1.165) is 23.3 Å². The van der Waals surface area contributed by atoms with E-state index in [1.165, 1.54) is 23.8 Å². The lowest BCUT2D eigenvalue weighted by atomic mass is 10.0. The summed E-state index contributed by atoms with van der Waals surface area (Å²) >= 11 is 7.18. The van der Waals surface area contributed by atoms with Crippen LogP contribution in [0.4, 0.5) is 11.4 Å². The van der Waals surface area contributed by atoms with Crippen LogP contribution in [0.15, 0.2) is 84.2 Å². The van der Waals surface area contributed by atoms with Crippen LogP contribution in [0.25, 0.3) is 0 Å². The Morgan fingerprint density at radius 3 is 2.18 bits per heavy atom. The lowest BCUT2D eigenvalue weighted by Gasteiger charge is -2.13. The van der Waals surface area contributed by atoms with Crippen molar-refractivity contribution in [2.75, 3.05) is 10.6 Å². The normalized spacial score (nSPS) is 10.5. The molecule has 0 fully saturated rings. The molecule has 2 amide bonds. The third kappa shape index (κ3) is 5.51. The number of benzene rings is 3. The number of nitrogens with one attached hydrogen (secondary N) is 2. The summed E-state index contributed by atoms with van der Waals surface area (Å²) in [6.45, 7) is 0. The molecule has 34 heavy (non-hydrogen) atoms. The summed E-state index contributed by atoms with van der Waals surface area (Å²) in [7, 11) is 0. The fourth-order valence-corrected chi connectivity index (χ4v) is 4.39. The van der Waals surface area contributed by atoms with E-state index >= 15 is 0 Å². The number of halogens is 1. The summed E-state index contributed by atoms with van der Waals surface area (Å²) in [5, 5.41) is 16.7. The maximum absolute atomic E-state index is 13.0. The molecule has 0 atom stereocenters. The number of aromatic carboxylic acids is 1. The Morgan fingerprint density at radius 2 is 1.53 bits per heavy atom. The molecule has 4 aromatic rings. The van der Waals surface area contributed by atoms with Gasteiger partial charge >= 0.3 is 5.97 Å². The Hall–Kier alpha value is -3.94. The Morgan fingerprint density at radius 1 is 0.824 bits per heavy atom. The number of thiophene rings is 1. The Balaban J connectivity index is 1.53. The number of hydrogen-bond acceptors (Lipinski definition) is 4. The van der Waals surface area contributed by atoms with Crippen molar-refractivity contribution in [3.05, 3.63) is 116 Å². The molecule has 3 aromatic carbocycles. The Kier molecular flexibility index (Phi) is 7.06. The van der Waals surface area contributed by atoms with E-state index in [2.05, 4.69) is 22.8 Å². The first-order chi connectivity index (χ1) is 16.4. The number of amides is 2. The number of carbonyl (C=O) groups is 3. The van der Waals surface area contributed by atoms with E-state index in [1.807, 2.05) is 30.3 Å². The van der Waals surface area contributed by atoms with Crippen molar-refractivity contribution in [2.45, 2.75) is 6.42 Å². The predicted molar refractivity (Wildman–Crippen MR) is 134 cm³/mol. The first-order valence-electron chi connectivity index (χ1n) is 10.3. The molecule has 8 heteroatoms. The van der Waals surface area contributed by atoms with Gasteiger partial charge in [-0.05, 0) is 59.3 Å². The molecule has 0 saturated carbocycles. The number of rotatable bonds is 7. The maximum atomic E-state index is 13.0. The standard InChI is InChI=1S/C26H19ClN2O4S/c27-21-12-13-34-23(21)25(31)29-22-15-18(26(32)33)8-11-20(22)24(30)28-19-9-6-17(7-10-19)14-16-4-2-1-3-5-16/h1-13,15H,14H2,(H,28,30)(H,29,31)(H,32,33). The van der Waals surface area contributed by atoms with Crippen molar-refractivity contribution in [1.82, 2.24) is 0 Å². The summed E-state index contributed by atoms with van der Waals surface area (Å²) in [6, 6.07) is 23.0. The Bertz CT molecular complexity index is 1350. The zero-order chi connectivity index (χ0) is 24.1. The van der Waals surface area contributed by atoms with Gasteiger partial charge in [0.15, 0.2) is 0 Å². The van der Waals surface area contributed by atoms with Gasteiger partial charge < -0.3 is 15.7 Å². The highest BCUT2D eigenvalue weighted by atomic mass is 35.5. The highest BCUT2D eigenvalue weighted by molar-refractivity contribution is 7.12. The van der Waals surface area contributed by atoms with E-state index in [4.69, 9.17) is 11.6 Å². The average Bonchev–Trinajstić information content (AvgIpc) is 3.27. The van der Waals surface area contributed by atoms with Gasteiger partial charge in [0.2, 0.25) is 0 Å². The molecule has 0 saturated heterocycles. The van der Waals surface area contributed by atoms with Gasteiger partial charge in [0, 0.05) is 5.69 Å². The van der Waals surface area contributed by atoms with E-state index in [-0.39, 0.29) is 26.7 Å². The summed E-state index contributed by atoms with van der Waals surface area (Å²) in [4.78, 5) is 37.3. The van der Waals surface area contributed by atoms with Crippen molar-refractivity contribution < 1.29 is 19.5 Å². The number of carboxylic acids is 1. The van der Waals surface area contributed by atoms with Gasteiger partial charge in [0.05, 0.1) is 21.8 Å². The molecule has 4 rings (SSSR count). The van der Waals surface area contributed by atoms with Crippen LogP contribution in [-0.4, -0.2) is 22.9 Å². The van der Waals surface area contributed by atoms with E-state index < -0.39 is 17.8 Å². The quantitative estimate of drug-likeness (QED) is 0.287. The molecular weight excluding hydrogens is 472 g/mol. The molecule has 1 heterocycles. The van der Waals surface area contributed by atoms with Crippen LogP contribution in [0, 0.1) is 0 Å². The average molecular weight is 491 g/mol. The highest BCUT2D eigenvalue weighted by Crippen LogP contribution is 2.26. The molecule has 0 unspecified atom stereocenters. The minimum Gasteiger partial charge on any atom is -0.478 e. The fourth-order valence-electron chi connectivity index (χ4n) is 3.35. The molecule has 0 aliphatic rings. The number of hydrogen-bond donors (Lipinski definition) is 3. The zero-order valence-corrected chi connectivity index (χ0v) is 19.3. The van der Waals surface area contributed by atoms with Gasteiger partial charge in [-0.2, -0.15) is 0 Å². The highest BCUT2D eigenvalue weighted by Gasteiger charge is 2.19. The molecule has 0 radical (unpaired) electrons. The third-order valence-electron chi connectivity index (χ3n) is 5.05. The first-order valence-corrected chi connectivity index (χ1v) is 11.5. The second kappa shape index (κ2) is 10.3. The van der Waals surface area contributed by atoms with Gasteiger partial charge in [0.1, 0.15) is 4.88 Å². The van der Waals surface area contributed by atoms with Gasteiger partial charge in [-0.3, -0.25) is 9.59 Å². The minimum atomic E-state index is -1.18. The second-order valence-electron chi connectivity index (χ2n) is 7.43. The van der Waals surface area contributed by atoms with Gasteiger partial charge in [0.25, 0.3) is 11.8 Å². The largest absolute Gasteiger partial charge is 0.478 e. The van der Waals surface area contributed by atoms with Crippen LogP contribution in [0.2, 0.25) is 5.02 Å². The molecule has 3 N–H and O–H groups in total. The van der Waals surface area contributed by atoms with Gasteiger partial charge in [-0.15, -0.1) is 11.3 Å². The first kappa shape index (κ1) is 23.2. The van der Waals surface area contributed by atoms with E-state index in [0.29, 0.717) is 5.69 Å². The number of carbonyl (C=O) groups excluding carboxylic acids is 2. The van der Waals surface area contributed by atoms with E-state index in [1.54, 1.807) is 23.6 Å². The molecule has 170 valence electrons. The summed E-state index contributed by atoms with van der Waals surface area (Å²) < 4.78 is 0. The van der Waals surface area contributed by atoms with Gasteiger partial charge in [-0.1, -0.05) is 54.1 Å².